The van der Waals surface area contributed by atoms with Crippen LogP contribution in [0.3, 0.4) is 0 Å². The molecule has 0 radical (unpaired) electrons. The molecule has 1 aromatic rings. The van der Waals surface area contributed by atoms with E-state index in [0.717, 1.165) is 11.8 Å². The molecule has 0 saturated carbocycles. The average Bonchev–Trinajstić information content (AvgIpc) is 2.46. The van der Waals surface area contributed by atoms with Crippen LogP contribution in [0.4, 0.5) is 5.69 Å². The predicted molar refractivity (Wildman–Crippen MR) is 77.6 cm³/mol. The molecule has 1 rings (SSSR count). The summed E-state index contributed by atoms with van der Waals surface area (Å²) in [5, 5.41) is 2.79. The monoisotopic (exact) mass is 332 g/mol. The Hall–Kier alpha value is -1.84. The minimum Gasteiger partial charge on any atom is -0.465 e. The van der Waals surface area contributed by atoms with Crippen LogP contribution in [0.1, 0.15) is 6.92 Å². The molecule has 0 aliphatic carbocycles. The van der Waals surface area contributed by atoms with Crippen molar-refractivity contribution in [2.75, 3.05) is 17.7 Å². The zero-order chi connectivity index (χ0) is 15.8. The summed E-state index contributed by atoms with van der Waals surface area (Å²) in [6.45, 7) is 1.96. The number of carbonyl (C=O) groups is 3. The van der Waals surface area contributed by atoms with Crippen molar-refractivity contribution >= 4 is 46.8 Å². The van der Waals surface area contributed by atoms with E-state index in [1.165, 1.54) is 12.1 Å². The summed E-state index contributed by atoms with van der Waals surface area (Å²) in [4.78, 5) is 37.8. The molecular formula is C11H13ClN4O4S. The number of rotatable bonds is 5. The summed E-state index contributed by atoms with van der Waals surface area (Å²) in [5.41, 5.74) is 1.94. The number of esters is 1. The molecule has 0 bridgehead atoms. The lowest BCUT2D eigenvalue weighted by atomic mass is 10.4. The van der Waals surface area contributed by atoms with Crippen molar-refractivity contribution in [3.05, 3.63) is 17.3 Å². The second-order valence-electron chi connectivity index (χ2n) is 3.51. The highest BCUT2D eigenvalue weighted by atomic mass is 35.5. The fourth-order valence-corrected chi connectivity index (χ4v) is 2.17. The molecule has 0 aliphatic heterocycles. The Morgan fingerprint density at radius 1 is 1.38 bits per heavy atom. The highest BCUT2D eigenvalue weighted by molar-refractivity contribution is 8.00. The lowest BCUT2D eigenvalue weighted by Gasteiger charge is -2.09. The molecule has 8 nitrogen and oxygen atoms in total. The van der Waals surface area contributed by atoms with E-state index >= 15 is 0 Å². The van der Waals surface area contributed by atoms with Gasteiger partial charge in [-0.05, 0) is 19.1 Å². The van der Waals surface area contributed by atoms with E-state index in [-0.39, 0.29) is 28.2 Å². The van der Waals surface area contributed by atoms with Crippen LogP contribution in [0.5, 0.6) is 0 Å². The molecule has 2 amide bonds. The first-order chi connectivity index (χ1) is 9.97. The maximum absolute atomic E-state index is 11.5. The normalized spacial score (nSPS) is 9.86. The van der Waals surface area contributed by atoms with Gasteiger partial charge >= 0.3 is 17.8 Å². The summed E-state index contributed by atoms with van der Waals surface area (Å²) in [6.07, 6.45) is 0. The van der Waals surface area contributed by atoms with Gasteiger partial charge in [-0.1, -0.05) is 23.4 Å². The summed E-state index contributed by atoms with van der Waals surface area (Å²) in [6, 6.07) is 2.90. The fourth-order valence-electron chi connectivity index (χ4n) is 1.20. The number of aromatic nitrogens is 1. The van der Waals surface area contributed by atoms with E-state index < -0.39 is 17.8 Å². The number of hydrogen-bond acceptors (Lipinski definition) is 7. The minimum absolute atomic E-state index is 0.00681. The molecule has 0 atom stereocenters. The number of nitrogens with one attached hydrogen (secondary N) is 2. The Balaban J connectivity index is 2.82. The second kappa shape index (κ2) is 8.45. The molecular weight excluding hydrogens is 320 g/mol. The van der Waals surface area contributed by atoms with Crippen LogP contribution in [0.15, 0.2) is 17.2 Å². The molecule has 1 aromatic heterocycles. The van der Waals surface area contributed by atoms with Crippen LogP contribution in [-0.4, -0.2) is 35.1 Å². The van der Waals surface area contributed by atoms with Crippen LogP contribution >= 0.6 is 23.4 Å². The van der Waals surface area contributed by atoms with Crippen molar-refractivity contribution in [2.24, 2.45) is 5.84 Å². The Labute approximate surface area is 129 Å². The lowest BCUT2D eigenvalue weighted by molar-refractivity contribution is -0.139. The number of hydrazine groups is 1. The van der Waals surface area contributed by atoms with Crippen molar-refractivity contribution in [2.45, 2.75) is 11.9 Å². The molecule has 0 aliphatic rings. The van der Waals surface area contributed by atoms with Gasteiger partial charge < -0.3 is 10.1 Å². The summed E-state index contributed by atoms with van der Waals surface area (Å²) < 4.78 is 4.78. The van der Waals surface area contributed by atoms with E-state index in [9.17, 15) is 14.4 Å². The van der Waals surface area contributed by atoms with Crippen molar-refractivity contribution < 1.29 is 19.1 Å². The average molecular weight is 333 g/mol. The number of pyridine rings is 1. The molecule has 4 N–H and O–H groups in total. The molecule has 10 heteroatoms. The third-order valence-electron chi connectivity index (χ3n) is 2.04. The fraction of sp³-hybridized carbons (Fsp3) is 0.273. The summed E-state index contributed by atoms with van der Waals surface area (Å²) in [5.74, 6) is 2.45. The number of anilines is 1. The van der Waals surface area contributed by atoms with Crippen molar-refractivity contribution in [3.63, 3.8) is 0 Å². The van der Waals surface area contributed by atoms with Gasteiger partial charge in [-0.2, -0.15) is 0 Å². The van der Waals surface area contributed by atoms with Crippen LogP contribution in [0, 0.1) is 0 Å². The van der Waals surface area contributed by atoms with Gasteiger partial charge in [-0.25, -0.2) is 10.8 Å². The smallest absolute Gasteiger partial charge is 0.323 e. The quantitative estimate of drug-likeness (QED) is 0.135. The summed E-state index contributed by atoms with van der Waals surface area (Å²) in [7, 11) is 0. The van der Waals surface area contributed by atoms with Gasteiger partial charge in [0.1, 0.15) is 10.2 Å². The number of nitrogens with two attached hydrogens (primary N) is 1. The van der Waals surface area contributed by atoms with Crippen LogP contribution in [0.2, 0.25) is 5.15 Å². The first kappa shape index (κ1) is 17.2. The third kappa shape index (κ3) is 5.58. The standard InChI is InChI=1S/C11H13ClN4O4S/c1-2-20-8(17)5-21-11-6(3-4-7(12)15-11)14-9(18)10(19)16-13/h3-4H,2,5,13H2,1H3,(H,14,18)(H,16,19). The highest BCUT2D eigenvalue weighted by Gasteiger charge is 2.16. The molecule has 0 unspecified atom stereocenters. The first-order valence-electron chi connectivity index (χ1n) is 5.74. The second-order valence-corrected chi connectivity index (χ2v) is 4.86. The maximum Gasteiger partial charge on any atom is 0.323 e. The predicted octanol–water partition coefficient (Wildman–Crippen LogP) is 0.319. The molecule has 0 aromatic carbocycles. The molecule has 0 saturated heterocycles. The Morgan fingerprint density at radius 3 is 2.71 bits per heavy atom. The van der Waals surface area contributed by atoms with E-state index in [4.69, 9.17) is 22.2 Å². The Bertz CT molecular complexity index is 555. The number of nitrogens with zero attached hydrogens (tertiary/aromatic N) is 1. The van der Waals surface area contributed by atoms with Crippen molar-refractivity contribution in [1.82, 2.24) is 10.4 Å². The number of ether oxygens (including phenoxy) is 1. The Kier molecular flexibility index (Phi) is 6.92. The van der Waals surface area contributed by atoms with Gasteiger partial charge in [0.25, 0.3) is 0 Å². The zero-order valence-electron chi connectivity index (χ0n) is 11.0. The Morgan fingerprint density at radius 2 is 2.10 bits per heavy atom. The zero-order valence-corrected chi connectivity index (χ0v) is 12.6. The number of carbonyl (C=O) groups excluding carboxylic acids is 3. The molecule has 0 spiro atoms. The molecule has 0 fully saturated rings. The third-order valence-corrected chi connectivity index (χ3v) is 3.22. The van der Waals surface area contributed by atoms with E-state index in [2.05, 4.69) is 10.3 Å². The van der Waals surface area contributed by atoms with E-state index in [0.29, 0.717) is 0 Å². The van der Waals surface area contributed by atoms with E-state index in [1.54, 1.807) is 12.3 Å². The number of halogens is 1. The lowest BCUT2D eigenvalue weighted by Crippen LogP contribution is -2.39. The number of hydrogen-bond donors (Lipinski definition) is 3. The van der Waals surface area contributed by atoms with Gasteiger partial charge in [-0.15, -0.1) is 0 Å². The first-order valence-corrected chi connectivity index (χ1v) is 7.11. The van der Waals surface area contributed by atoms with Crippen molar-refractivity contribution in [3.8, 4) is 0 Å². The molecule has 1 heterocycles. The highest BCUT2D eigenvalue weighted by Crippen LogP contribution is 2.27. The summed E-state index contributed by atoms with van der Waals surface area (Å²) >= 11 is 6.79. The van der Waals surface area contributed by atoms with Gasteiger partial charge in [0.05, 0.1) is 18.0 Å². The number of amides is 2. The topological polar surface area (TPSA) is 123 Å². The molecule has 21 heavy (non-hydrogen) atoms. The van der Waals surface area contributed by atoms with Gasteiger partial charge in [-0.3, -0.25) is 19.8 Å². The largest absolute Gasteiger partial charge is 0.465 e. The van der Waals surface area contributed by atoms with Crippen LogP contribution in [0.25, 0.3) is 0 Å². The number of thioether (sulfide) groups is 1. The SMILES string of the molecule is CCOC(=O)CSc1nc(Cl)ccc1NC(=O)C(=O)NN. The minimum atomic E-state index is -1.01. The van der Waals surface area contributed by atoms with Crippen LogP contribution < -0.4 is 16.6 Å². The molecule has 114 valence electrons. The van der Waals surface area contributed by atoms with E-state index in [1.807, 2.05) is 0 Å². The van der Waals surface area contributed by atoms with Crippen molar-refractivity contribution in [1.29, 1.82) is 0 Å². The van der Waals surface area contributed by atoms with Crippen LogP contribution in [-0.2, 0) is 19.1 Å². The van der Waals surface area contributed by atoms with Gasteiger partial charge in [0.15, 0.2) is 0 Å². The maximum atomic E-state index is 11.5. The van der Waals surface area contributed by atoms with Gasteiger partial charge in [0, 0.05) is 0 Å². The van der Waals surface area contributed by atoms with Gasteiger partial charge in [0.2, 0.25) is 0 Å².